The van der Waals surface area contributed by atoms with E-state index < -0.39 is 23.4 Å². The largest absolute Gasteiger partial charge is 0.478 e. The van der Waals surface area contributed by atoms with Gasteiger partial charge in [0.25, 0.3) is 0 Å². The summed E-state index contributed by atoms with van der Waals surface area (Å²) in [6.45, 7) is 0. The maximum atomic E-state index is 13.5. The maximum Gasteiger partial charge on any atom is 0.335 e. The van der Waals surface area contributed by atoms with E-state index in [0.29, 0.717) is 5.56 Å². The number of hydrogen-bond acceptors (Lipinski definition) is 2. The third kappa shape index (κ3) is 3.33. The van der Waals surface area contributed by atoms with Crippen LogP contribution in [-0.4, -0.2) is 11.1 Å². The molecule has 0 saturated heterocycles. The van der Waals surface area contributed by atoms with Crippen molar-refractivity contribution in [2.75, 3.05) is 0 Å². The Hall–Kier alpha value is -1.95. The molecule has 1 N–H and O–H groups in total. The highest BCUT2D eigenvalue weighted by Gasteiger charge is 2.10. The number of carboxylic acid groups (broad SMARTS) is 1. The lowest BCUT2D eigenvalue weighted by atomic mass is 10.2. The predicted octanol–water partition coefficient (Wildman–Crippen LogP) is 4.09. The molecule has 0 spiro atoms. The van der Waals surface area contributed by atoms with E-state index in [9.17, 15) is 18.0 Å². The van der Waals surface area contributed by atoms with E-state index in [0.717, 1.165) is 30.0 Å². The van der Waals surface area contributed by atoms with E-state index in [-0.39, 0.29) is 16.2 Å². The zero-order valence-electron chi connectivity index (χ0n) is 10.1. The lowest BCUT2D eigenvalue weighted by Crippen LogP contribution is -1.97. The Bertz CT molecular complexity index is 659. The smallest absolute Gasteiger partial charge is 0.335 e. The second-order valence-electron chi connectivity index (χ2n) is 3.99. The van der Waals surface area contributed by atoms with Crippen LogP contribution in [0, 0.1) is 17.5 Å². The number of rotatable bonds is 4. The van der Waals surface area contributed by atoms with Gasteiger partial charge in [0.15, 0.2) is 11.6 Å². The number of thioether (sulfide) groups is 1. The van der Waals surface area contributed by atoms with E-state index in [4.69, 9.17) is 5.11 Å². The quantitative estimate of drug-likeness (QED) is 0.864. The van der Waals surface area contributed by atoms with E-state index >= 15 is 0 Å². The van der Waals surface area contributed by atoms with Crippen LogP contribution in [0.4, 0.5) is 13.2 Å². The van der Waals surface area contributed by atoms with Crippen molar-refractivity contribution in [3.8, 4) is 0 Å². The van der Waals surface area contributed by atoms with Gasteiger partial charge >= 0.3 is 5.97 Å². The molecule has 104 valence electrons. The van der Waals surface area contributed by atoms with Crippen LogP contribution in [0.1, 0.15) is 15.9 Å². The number of carboxylic acids is 1. The standard InChI is InChI=1S/C14H9F3O2S/c15-10-3-1-8(5-12(10)17)7-20-13-6-9(14(18)19)2-4-11(13)16/h1-6H,7H2,(H,18,19). The van der Waals surface area contributed by atoms with Crippen molar-refractivity contribution in [1.82, 2.24) is 0 Å². The fourth-order valence-corrected chi connectivity index (χ4v) is 2.46. The monoisotopic (exact) mass is 298 g/mol. The zero-order valence-corrected chi connectivity index (χ0v) is 10.9. The molecule has 2 aromatic rings. The van der Waals surface area contributed by atoms with Crippen LogP contribution in [0.25, 0.3) is 0 Å². The number of benzene rings is 2. The second-order valence-corrected chi connectivity index (χ2v) is 5.00. The van der Waals surface area contributed by atoms with Gasteiger partial charge in [-0.1, -0.05) is 6.07 Å². The Morgan fingerprint density at radius 2 is 1.70 bits per heavy atom. The van der Waals surface area contributed by atoms with Crippen LogP contribution in [-0.2, 0) is 5.75 Å². The highest BCUT2D eigenvalue weighted by molar-refractivity contribution is 7.98. The van der Waals surface area contributed by atoms with Crippen LogP contribution in [0.2, 0.25) is 0 Å². The molecule has 2 rings (SSSR count). The first-order valence-electron chi connectivity index (χ1n) is 5.57. The van der Waals surface area contributed by atoms with Gasteiger partial charge in [-0.25, -0.2) is 18.0 Å². The van der Waals surface area contributed by atoms with E-state index in [1.165, 1.54) is 18.2 Å². The van der Waals surface area contributed by atoms with Gasteiger partial charge < -0.3 is 5.11 Å². The first kappa shape index (κ1) is 14.5. The summed E-state index contributed by atoms with van der Waals surface area (Å²) in [5, 5.41) is 8.83. The van der Waals surface area contributed by atoms with Gasteiger partial charge in [0.1, 0.15) is 5.82 Å². The Labute approximate surface area is 117 Å². The van der Waals surface area contributed by atoms with Crippen LogP contribution in [0.15, 0.2) is 41.3 Å². The van der Waals surface area contributed by atoms with Crippen LogP contribution >= 0.6 is 11.8 Å². The first-order valence-corrected chi connectivity index (χ1v) is 6.55. The first-order chi connectivity index (χ1) is 9.47. The van der Waals surface area contributed by atoms with Gasteiger partial charge in [0.2, 0.25) is 0 Å². The Kier molecular flexibility index (Phi) is 4.34. The average molecular weight is 298 g/mol. The van der Waals surface area contributed by atoms with Gasteiger partial charge in [0, 0.05) is 10.6 Å². The van der Waals surface area contributed by atoms with Crippen molar-refractivity contribution in [2.24, 2.45) is 0 Å². The fraction of sp³-hybridized carbons (Fsp3) is 0.0714. The van der Waals surface area contributed by atoms with Crippen molar-refractivity contribution in [1.29, 1.82) is 0 Å². The summed E-state index contributed by atoms with van der Waals surface area (Å²) in [6.07, 6.45) is 0. The van der Waals surface area contributed by atoms with Crippen LogP contribution in [0.5, 0.6) is 0 Å². The van der Waals surface area contributed by atoms with Crippen molar-refractivity contribution >= 4 is 17.7 Å². The molecule has 0 heterocycles. The molecular weight excluding hydrogens is 289 g/mol. The van der Waals surface area contributed by atoms with Crippen molar-refractivity contribution in [2.45, 2.75) is 10.6 Å². The molecule has 0 atom stereocenters. The van der Waals surface area contributed by atoms with E-state index in [1.807, 2.05) is 0 Å². The van der Waals surface area contributed by atoms with E-state index in [1.54, 1.807) is 0 Å². The third-order valence-electron chi connectivity index (χ3n) is 2.56. The molecule has 6 heteroatoms. The Morgan fingerprint density at radius 1 is 1.00 bits per heavy atom. The number of aromatic carboxylic acids is 1. The van der Waals surface area contributed by atoms with Gasteiger partial charge in [-0.15, -0.1) is 11.8 Å². The van der Waals surface area contributed by atoms with Crippen molar-refractivity contribution < 1.29 is 23.1 Å². The average Bonchev–Trinajstić information content (AvgIpc) is 2.41. The second kappa shape index (κ2) is 6.00. The minimum absolute atomic E-state index is 0.0285. The molecule has 0 aromatic heterocycles. The lowest BCUT2D eigenvalue weighted by molar-refractivity contribution is 0.0696. The highest BCUT2D eigenvalue weighted by atomic mass is 32.2. The zero-order chi connectivity index (χ0) is 14.7. The molecule has 20 heavy (non-hydrogen) atoms. The Balaban J connectivity index is 2.15. The molecular formula is C14H9F3O2S. The number of halogens is 3. The fourth-order valence-electron chi connectivity index (χ4n) is 1.54. The van der Waals surface area contributed by atoms with Crippen LogP contribution < -0.4 is 0 Å². The summed E-state index contributed by atoms with van der Waals surface area (Å²) in [4.78, 5) is 10.9. The molecule has 0 radical (unpaired) electrons. The highest BCUT2D eigenvalue weighted by Crippen LogP contribution is 2.27. The molecule has 0 bridgehead atoms. The molecule has 0 saturated carbocycles. The SMILES string of the molecule is O=C(O)c1ccc(F)c(SCc2ccc(F)c(F)c2)c1. The molecule has 0 aliphatic carbocycles. The Morgan fingerprint density at radius 3 is 2.35 bits per heavy atom. The summed E-state index contributed by atoms with van der Waals surface area (Å²) < 4.78 is 39.3. The molecule has 0 aliphatic rings. The van der Waals surface area contributed by atoms with Crippen molar-refractivity contribution in [3.63, 3.8) is 0 Å². The third-order valence-corrected chi connectivity index (χ3v) is 3.66. The molecule has 2 nitrogen and oxygen atoms in total. The molecule has 0 aliphatic heterocycles. The minimum atomic E-state index is -1.15. The topological polar surface area (TPSA) is 37.3 Å². The van der Waals surface area contributed by atoms with E-state index in [2.05, 4.69) is 0 Å². The number of hydrogen-bond donors (Lipinski definition) is 1. The summed E-state index contributed by atoms with van der Waals surface area (Å²) in [7, 11) is 0. The molecule has 0 unspecified atom stereocenters. The lowest BCUT2D eigenvalue weighted by Gasteiger charge is -2.05. The van der Waals surface area contributed by atoms with Gasteiger partial charge in [0.05, 0.1) is 5.56 Å². The van der Waals surface area contributed by atoms with Gasteiger partial charge in [-0.3, -0.25) is 0 Å². The maximum absolute atomic E-state index is 13.5. The van der Waals surface area contributed by atoms with Gasteiger partial charge in [-0.2, -0.15) is 0 Å². The van der Waals surface area contributed by atoms with Crippen LogP contribution in [0.3, 0.4) is 0 Å². The summed E-state index contributed by atoms with van der Waals surface area (Å²) >= 11 is 1.02. The minimum Gasteiger partial charge on any atom is -0.478 e. The molecule has 2 aromatic carbocycles. The normalized spacial score (nSPS) is 10.6. The van der Waals surface area contributed by atoms with Crippen molar-refractivity contribution in [3.05, 3.63) is 65.0 Å². The summed E-state index contributed by atoms with van der Waals surface area (Å²) in [5.41, 5.74) is 0.452. The molecule has 0 amide bonds. The number of carbonyl (C=O) groups is 1. The van der Waals surface area contributed by atoms with Gasteiger partial charge in [-0.05, 0) is 35.9 Å². The predicted molar refractivity (Wildman–Crippen MR) is 69.3 cm³/mol. The summed E-state index contributed by atoms with van der Waals surface area (Å²) in [6, 6.07) is 6.86. The molecule has 0 fully saturated rings. The summed E-state index contributed by atoms with van der Waals surface area (Å²) in [5.74, 6) is -3.42.